The lowest BCUT2D eigenvalue weighted by Crippen LogP contribution is -2.60. The van der Waals surface area contributed by atoms with Gasteiger partial charge in [-0.2, -0.15) is 0 Å². The number of fused-ring (bicyclic) bond motifs is 1. The van der Waals surface area contributed by atoms with Crippen LogP contribution in [0.25, 0.3) is 17.0 Å². The van der Waals surface area contributed by atoms with E-state index in [9.17, 15) is 29.1 Å². The fraction of sp³-hybridized carbons (Fsp3) is 0.556. The quantitative estimate of drug-likeness (QED) is 0.236. The van der Waals surface area contributed by atoms with Gasteiger partial charge in [-0.3, -0.25) is 24.4 Å². The number of nitrogens with one attached hydrogen (secondary N) is 3. The summed E-state index contributed by atoms with van der Waals surface area (Å²) in [6, 6.07) is 7.53. The van der Waals surface area contributed by atoms with E-state index < -0.39 is 65.2 Å². The third-order valence-corrected chi connectivity index (χ3v) is 8.19. The number of hydrazine groups is 1. The van der Waals surface area contributed by atoms with Crippen molar-refractivity contribution in [3.63, 3.8) is 0 Å². The van der Waals surface area contributed by atoms with Gasteiger partial charge >= 0.3 is 18.0 Å². The maximum atomic E-state index is 13.8. The highest BCUT2D eigenvalue weighted by atomic mass is 16.6. The number of esters is 1. The second kappa shape index (κ2) is 17.1. The first kappa shape index (κ1) is 39.2. The Morgan fingerprint density at radius 3 is 2.55 bits per heavy atom. The van der Waals surface area contributed by atoms with Gasteiger partial charge in [-0.15, -0.1) is 0 Å². The Morgan fingerprint density at radius 1 is 1.14 bits per heavy atom. The number of pyridine rings is 1. The standard InChI is InChI=1S/C36H49N5O10/c1-22(2)29(30(42)38-23(3)31(43)41-17-7-8-27(40-41)32(44)45)50-33(46)36(21-48-18-19-49-36)15-13-24-9-10-25-11-12-26(39-28(25)20-24)14-16-37-34(47)51-35(4,5)6/h9-13,15,20,22-23,27,29,40H,7-8,14,16-19,21H2,1-6H3,(H,37,47)(H,38,42)(H,44,45)/b15-13+/t23-,27-,29-,36+/m0/s1. The number of benzene rings is 1. The van der Waals surface area contributed by atoms with Crippen LogP contribution in [0.4, 0.5) is 4.79 Å². The molecule has 0 radical (unpaired) electrons. The fourth-order valence-corrected chi connectivity index (χ4v) is 5.51. The second-order valence-electron chi connectivity index (χ2n) is 14.0. The van der Waals surface area contributed by atoms with Crippen molar-refractivity contribution in [3.8, 4) is 0 Å². The van der Waals surface area contributed by atoms with Gasteiger partial charge in [0.15, 0.2) is 6.10 Å². The van der Waals surface area contributed by atoms with E-state index in [-0.39, 0.29) is 19.8 Å². The molecule has 51 heavy (non-hydrogen) atoms. The van der Waals surface area contributed by atoms with Crippen LogP contribution in [0.15, 0.2) is 36.4 Å². The first-order chi connectivity index (χ1) is 24.1. The van der Waals surface area contributed by atoms with Crippen molar-refractivity contribution in [2.75, 3.05) is 32.9 Å². The molecule has 3 amide bonds. The lowest BCUT2D eigenvalue weighted by Gasteiger charge is -2.35. The summed E-state index contributed by atoms with van der Waals surface area (Å²) in [4.78, 5) is 68.3. The summed E-state index contributed by atoms with van der Waals surface area (Å²) in [7, 11) is 0. The Bertz CT molecular complexity index is 1620. The van der Waals surface area contributed by atoms with E-state index in [4.69, 9.17) is 23.9 Å². The Kier molecular flexibility index (Phi) is 13.1. The Hall–Kier alpha value is -4.60. The van der Waals surface area contributed by atoms with Crippen molar-refractivity contribution in [1.29, 1.82) is 0 Å². The molecule has 2 aromatic rings. The highest BCUT2D eigenvalue weighted by molar-refractivity contribution is 5.92. The van der Waals surface area contributed by atoms with Crippen molar-refractivity contribution >= 4 is 46.8 Å². The van der Waals surface area contributed by atoms with Crippen molar-refractivity contribution < 1.29 is 48.0 Å². The van der Waals surface area contributed by atoms with E-state index >= 15 is 0 Å². The number of ether oxygens (including phenoxy) is 4. The zero-order valence-electron chi connectivity index (χ0n) is 30.0. The summed E-state index contributed by atoms with van der Waals surface area (Å²) in [6.45, 7) is 11.2. The van der Waals surface area contributed by atoms with Crippen LogP contribution in [0.3, 0.4) is 0 Å². The minimum Gasteiger partial charge on any atom is -0.480 e. The van der Waals surface area contributed by atoms with Crippen LogP contribution in [0.1, 0.15) is 65.6 Å². The number of hydrogen-bond donors (Lipinski definition) is 4. The van der Waals surface area contributed by atoms with Gasteiger partial charge < -0.3 is 34.7 Å². The average Bonchev–Trinajstić information content (AvgIpc) is 3.08. The molecule has 0 spiro atoms. The lowest BCUT2D eigenvalue weighted by atomic mass is 10.0. The van der Waals surface area contributed by atoms with Gasteiger partial charge in [0.05, 0.1) is 25.3 Å². The average molecular weight is 712 g/mol. The molecular weight excluding hydrogens is 662 g/mol. The van der Waals surface area contributed by atoms with Gasteiger partial charge in [-0.25, -0.2) is 15.0 Å². The highest BCUT2D eigenvalue weighted by Crippen LogP contribution is 2.25. The largest absolute Gasteiger partial charge is 0.480 e. The number of aliphatic carboxylic acids is 1. The normalized spacial score (nSPS) is 20.8. The topological polar surface area (TPSA) is 195 Å². The van der Waals surface area contributed by atoms with Crippen molar-refractivity contribution in [2.24, 2.45) is 5.92 Å². The molecule has 4 rings (SSSR count). The van der Waals surface area contributed by atoms with Crippen molar-refractivity contribution in [2.45, 2.75) is 90.2 Å². The molecule has 1 aromatic carbocycles. The number of carbonyl (C=O) groups is 5. The Morgan fingerprint density at radius 2 is 1.88 bits per heavy atom. The number of carbonyl (C=O) groups excluding carboxylic acids is 4. The maximum absolute atomic E-state index is 13.8. The first-order valence-corrected chi connectivity index (χ1v) is 17.2. The maximum Gasteiger partial charge on any atom is 0.407 e. The molecule has 2 fully saturated rings. The molecule has 2 saturated heterocycles. The van der Waals surface area contributed by atoms with E-state index in [1.54, 1.807) is 46.8 Å². The number of alkyl carbamates (subject to hydrolysis) is 1. The second-order valence-corrected chi connectivity index (χ2v) is 14.0. The SMILES string of the molecule is CC(C)[C@H](OC(=O)[C@@]1(/C=C/c2ccc3ccc(CCNC(=O)OC(C)(C)C)nc3c2)COCCO1)C(=O)N[C@@H](C)C(=O)N1CCC[C@@H](C(=O)O)N1. The van der Waals surface area contributed by atoms with Crippen molar-refractivity contribution in [1.82, 2.24) is 26.1 Å². The summed E-state index contributed by atoms with van der Waals surface area (Å²) in [5, 5.41) is 16.8. The third-order valence-electron chi connectivity index (χ3n) is 8.19. The molecule has 0 aliphatic carbocycles. The molecule has 0 unspecified atom stereocenters. The molecule has 0 bridgehead atoms. The summed E-state index contributed by atoms with van der Waals surface area (Å²) in [5.74, 6) is -3.56. The third kappa shape index (κ3) is 10.9. The molecule has 2 aliphatic heterocycles. The molecular formula is C36H49N5O10. The van der Waals surface area contributed by atoms with Gasteiger partial charge in [0.1, 0.15) is 17.7 Å². The zero-order valence-corrected chi connectivity index (χ0v) is 30.0. The van der Waals surface area contributed by atoms with Crippen LogP contribution in [0.2, 0.25) is 0 Å². The predicted molar refractivity (Wildman–Crippen MR) is 186 cm³/mol. The molecule has 3 heterocycles. The van der Waals surface area contributed by atoms with Gasteiger partial charge in [-0.05, 0) is 70.2 Å². The smallest absolute Gasteiger partial charge is 0.407 e. The number of hydrogen-bond acceptors (Lipinski definition) is 11. The van der Waals surface area contributed by atoms with Crippen LogP contribution < -0.4 is 16.1 Å². The molecule has 4 N–H and O–H groups in total. The number of nitrogens with zero attached hydrogens (tertiary/aromatic N) is 2. The van der Waals surface area contributed by atoms with E-state index in [0.29, 0.717) is 37.9 Å². The minimum atomic E-state index is -1.64. The molecule has 0 saturated carbocycles. The fourth-order valence-electron chi connectivity index (χ4n) is 5.51. The van der Waals surface area contributed by atoms with E-state index in [0.717, 1.165) is 16.6 Å². The van der Waals surface area contributed by atoms with E-state index in [1.807, 2.05) is 30.3 Å². The zero-order chi connectivity index (χ0) is 37.3. The number of rotatable bonds is 12. The van der Waals surface area contributed by atoms with Crippen LogP contribution >= 0.6 is 0 Å². The minimum absolute atomic E-state index is 0.115. The summed E-state index contributed by atoms with van der Waals surface area (Å²) in [6.07, 6.45) is 2.85. The Balaban J connectivity index is 1.43. The van der Waals surface area contributed by atoms with Gasteiger partial charge in [0.25, 0.3) is 11.8 Å². The molecule has 4 atom stereocenters. The van der Waals surface area contributed by atoms with Crippen molar-refractivity contribution in [3.05, 3.63) is 47.7 Å². The summed E-state index contributed by atoms with van der Waals surface area (Å²) >= 11 is 0. The summed E-state index contributed by atoms with van der Waals surface area (Å²) < 4.78 is 22.6. The predicted octanol–water partition coefficient (Wildman–Crippen LogP) is 2.75. The highest BCUT2D eigenvalue weighted by Gasteiger charge is 2.44. The van der Waals surface area contributed by atoms with Gasteiger partial charge in [-0.1, -0.05) is 38.1 Å². The van der Waals surface area contributed by atoms with Gasteiger partial charge in [0, 0.05) is 30.6 Å². The van der Waals surface area contributed by atoms with E-state index in [2.05, 4.69) is 16.1 Å². The van der Waals surface area contributed by atoms with Crippen LogP contribution in [0, 0.1) is 5.92 Å². The molecule has 15 heteroatoms. The Labute approximate surface area is 297 Å². The molecule has 2 aliphatic rings. The van der Waals surface area contributed by atoms with Gasteiger partial charge in [0.2, 0.25) is 5.60 Å². The first-order valence-electron chi connectivity index (χ1n) is 17.2. The summed E-state index contributed by atoms with van der Waals surface area (Å²) in [5.41, 5.74) is 2.66. The van der Waals surface area contributed by atoms with Crippen LogP contribution in [-0.2, 0) is 44.5 Å². The molecule has 278 valence electrons. The van der Waals surface area contributed by atoms with E-state index in [1.165, 1.54) is 11.9 Å². The number of carboxylic acids is 1. The van der Waals surface area contributed by atoms with Crippen LogP contribution in [-0.4, -0.2) is 107 Å². The number of carboxylic acid groups (broad SMARTS) is 1. The number of amides is 3. The molecule has 15 nitrogen and oxygen atoms in total. The lowest BCUT2D eigenvalue weighted by molar-refractivity contribution is -0.195. The monoisotopic (exact) mass is 711 g/mol. The van der Waals surface area contributed by atoms with Crippen LogP contribution in [0.5, 0.6) is 0 Å². The number of aromatic nitrogens is 1. The molecule has 1 aromatic heterocycles.